The van der Waals surface area contributed by atoms with Gasteiger partial charge in [0.15, 0.2) is 29.3 Å². The first-order chi connectivity index (χ1) is 21.4. The highest BCUT2D eigenvalue weighted by atomic mass is 16.8. The van der Waals surface area contributed by atoms with Crippen molar-refractivity contribution in [2.24, 2.45) is 11.8 Å². The molecular weight excluding hydrogens is 592 g/mol. The molecule has 0 aliphatic carbocycles. The maximum atomic E-state index is 13.4. The number of aromatic nitrogens is 1. The van der Waals surface area contributed by atoms with Crippen LogP contribution in [0, 0.1) is 11.8 Å². The minimum atomic E-state index is -1.47. The highest BCUT2D eigenvalue weighted by Crippen LogP contribution is 2.30. The molecule has 0 saturated carbocycles. The van der Waals surface area contributed by atoms with Crippen molar-refractivity contribution < 1.29 is 57.1 Å². The van der Waals surface area contributed by atoms with Crippen LogP contribution in [0.2, 0.25) is 0 Å². The molecule has 1 amide bonds. The minimum Gasteiger partial charge on any atom is -0.493 e. The molecule has 2 unspecified atom stereocenters. The number of rotatable bonds is 11. The van der Waals surface area contributed by atoms with Crippen LogP contribution < -0.4 is 14.8 Å². The molecule has 2 heterocycles. The van der Waals surface area contributed by atoms with Crippen molar-refractivity contribution in [3.8, 4) is 11.5 Å². The van der Waals surface area contributed by atoms with E-state index in [1.165, 1.54) is 26.3 Å². The van der Waals surface area contributed by atoms with E-state index in [-0.39, 0.29) is 23.6 Å². The Kier molecular flexibility index (Phi) is 12.5. The number of nitrogens with one attached hydrogen (secondary N) is 1. The fourth-order valence-corrected chi connectivity index (χ4v) is 4.23. The number of methoxy groups -OCH3 is 1. The Morgan fingerprint density at radius 2 is 1.76 bits per heavy atom. The molecule has 14 heteroatoms. The average Bonchev–Trinajstić information content (AvgIpc) is 3.03. The van der Waals surface area contributed by atoms with Gasteiger partial charge in [0.25, 0.3) is 5.91 Å². The molecular formula is C31H38N2O12. The van der Waals surface area contributed by atoms with Crippen molar-refractivity contribution in [1.29, 1.82) is 0 Å². The first kappa shape index (κ1) is 34.6. The molecule has 1 N–H and O–H groups in total. The van der Waals surface area contributed by atoms with E-state index in [0.29, 0.717) is 0 Å². The number of carbonyl (C=O) groups excluding carboxylic acids is 5. The van der Waals surface area contributed by atoms with Gasteiger partial charge in [-0.15, -0.1) is 0 Å². The summed E-state index contributed by atoms with van der Waals surface area (Å²) in [5, 5.41) is 2.45. The normalized spacial score (nSPS) is 20.1. The summed E-state index contributed by atoms with van der Waals surface area (Å²) in [4.78, 5) is 68.4. The van der Waals surface area contributed by atoms with Crippen molar-refractivity contribution in [3.63, 3.8) is 0 Å². The number of cyclic esters (lactones) is 2. The third-order valence-corrected chi connectivity index (χ3v) is 6.48. The number of ether oxygens (including phenoxy) is 7. The van der Waals surface area contributed by atoms with Gasteiger partial charge in [-0.25, -0.2) is 14.6 Å². The van der Waals surface area contributed by atoms with Crippen LogP contribution in [0.5, 0.6) is 11.5 Å². The molecule has 14 nitrogen and oxygen atoms in total. The van der Waals surface area contributed by atoms with Crippen LogP contribution in [0.25, 0.3) is 0 Å². The molecule has 1 aromatic heterocycles. The highest BCUT2D eigenvalue weighted by Gasteiger charge is 2.42. The smallest absolute Gasteiger partial charge is 0.493 e. The van der Waals surface area contributed by atoms with Crippen LogP contribution in [-0.4, -0.2) is 79.8 Å². The number of carbonyl (C=O) groups is 5. The number of pyridine rings is 1. The summed E-state index contributed by atoms with van der Waals surface area (Å²) in [5.41, 5.74) is 0.443. The zero-order valence-electron chi connectivity index (χ0n) is 26.0. The second kappa shape index (κ2) is 16.3. The largest absolute Gasteiger partial charge is 0.511 e. The summed E-state index contributed by atoms with van der Waals surface area (Å²) >= 11 is 0. The molecule has 45 heavy (non-hydrogen) atoms. The predicted octanol–water partition coefficient (Wildman–Crippen LogP) is 3.00. The lowest BCUT2D eigenvalue weighted by Gasteiger charge is -2.29. The lowest BCUT2D eigenvalue weighted by molar-refractivity contribution is -0.176. The van der Waals surface area contributed by atoms with Gasteiger partial charge in [-0.1, -0.05) is 44.2 Å². The molecule has 0 radical (unpaired) electrons. The Bertz CT molecular complexity index is 1350. The number of hydrogen-bond acceptors (Lipinski definition) is 13. The van der Waals surface area contributed by atoms with E-state index in [9.17, 15) is 24.0 Å². The number of amides is 1. The van der Waals surface area contributed by atoms with E-state index >= 15 is 0 Å². The Balaban J connectivity index is 1.83. The molecule has 1 aromatic carbocycles. The molecule has 1 aliphatic heterocycles. The summed E-state index contributed by atoms with van der Waals surface area (Å²) in [5.74, 6) is -4.85. The first-order valence-corrected chi connectivity index (χ1v) is 14.3. The molecule has 244 valence electrons. The Morgan fingerprint density at radius 3 is 2.40 bits per heavy atom. The molecule has 0 bridgehead atoms. The second-order valence-electron chi connectivity index (χ2n) is 10.7. The van der Waals surface area contributed by atoms with Crippen LogP contribution in [-0.2, 0) is 44.5 Å². The van der Waals surface area contributed by atoms with Gasteiger partial charge in [0.2, 0.25) is 6.79 Å². The predicted molar refractivity (Wildman–Crippen MR) is 155 cm³/mol. The maximum absolute atomic E-state index is 13.4. The van der Waals surface area contributed by atoms with Gasteiger partial charge < -0.3 is 38.5 Å². The molecule has 1 aliphatic rings. The number of hydrogen-bond donors (Lipinski definition) is 1. The van der Waals surface area contributed by atoms with Crippen molar-refractivity contribution >= 4 is 30.0 Å². The number of nitrogens with zero attached hydrogens (tertiary/aromatic N) is 1. The number of benzene rings is 1. The van der Waals surface area contributed by atoms with E-state index in [2.05, 4.69) is 10.3 Å². The summed E-state index contributed by atoms with van der Waals surface area (Å²) in [6.07, 6.45) is -2.28. The van der Waals surface area contributed by atoms with E-state index in [0.717, 1.165) is 5.56 Å². The van der Waals surface area contributed by atoms with Crippen molar-refractivity contribution in [1.82, 2.24) is 10.3 Å². The van der Waals surface area contributed by atoms with E-state index in [4.69, 9.17) is 33.2 Å². The van der Waals surface area contributed by atoms with Crippen molar-refractivity contribution in [2.45, 2.75) is 65.4 Å². The molecule has 3 rings (SSSR count). The summed E-state index contributed by atoms with van der Waals surface area (Å²) in [7, 11) is 1.32. The average molecular weight is 631 g/mol. The Labute approximate surface area is 260 Å². The standard InChI is InChI=1S/C31H38N2O12/c1-17(2)28(35)45-25-19(5)44-30(37)22(15-40-29(36)21(25)14-20-10-8-7-9-11-20)33-27(34)24-26(23(39-6)12-13-32-24)41-16-42-31(38)43-18(3)4/h7-13,17-19,21-22,25H,14-16H2,1-6H3,(H,33,34)/t19-,21?,22-,25?/m0/s1. The van der Waals surface area contributed by atoms with Crippen LogP contribution in [0.4, 0.5) is 4.79 Å². The van der Waals surface area contributed by atoms with Gasteiger partial charge in [-0.3, -0.25) is 14.4 Å². The van der Waals surface area contributed by atoms with Gasteiger partial charge >= 0.3 is 24.1 Å². The first-order valence-electron chi connectivity index (χ1n) is 14.3. The third-order valence-electron chi connectivity index (χ3n) is 6.48. The van der Waals surface area contributed by atoms with Gasteiger partial charge in [0.05, 0.1) is 19.1 Å². The molecule has 0 spiro atoms. The second-order valence-corrected chi connectivity index (χ2v) is 10.7. The maximum Gasteiger partial charge on any atom is 0.511 e. The van der Waals surface area contributed by atoms with Crippen LogP contribution >= 0.6 is 0 Å². The molecule has 4 atom stereocenters. The molecule has 2 aromatic rings. The summed E-state index contributed by atoms with van der Waals surface area (Å²) in [6.45, 7) is 6.81. The Morgan fingerprint density at radius 1 is 1.04 bits per heavy atom. The van der Waals surface area contributed by atoms with E-state index in [1.54, 1.807) is 52.0 Å². The zero-order chi connectivity index (χ0) is 33.1. The minimum absolute atomic E-state index is 0.0756. The SMILES string of the molecule is COc1ccnc(C(=O)N[C@H]2COC(=O)C(Cc3ccccc3)C(OC(=O)C(C)C)[C@H](C)OC2=O)c1OCOC(=O)OC(C)C. The molecule has 1 fully saturated rings. The van der Waals surface area contributed by atoms with Crippen molar-refractivity contribution in [2.75, 3.05) is 20.5 Å². The zero-order valence-corrected chi connectivity index (χ0v) is 26.0. The fourth-order valence-electron chi connectivity index (χ4n) is 4.23. The van der Waals surface area contributed by atoms with E-state index < -0.39 is 79.6 Å². The van der Waals surface area contributed by atoms with Gasteiger partial charge in [-0.2, -0.15) is 0 Å². The summed E-state index contributed by atoms with van der Waals surface area (Å²) < 4.78 is 37.2. The van der Waals surface area contributed by atoms with Crippen molar-refractivity contribution in [3.05, 3.63) is 53.9 Å². The van der Waals surface area contributed by atoms with Crippen LogP contribution in [0.3, 0.4) is 0 Å². The lowest BCUT2D eigenvalue weighted by atomic mass is 9.91. The van der Waals surface area contributed by atoms with E-state index in [1.807, 2.05) is 6.07 Å². The Hall–Kier alpha value is -4.88. The van der Waals surface area contributed by atoms with Gasteiger partial charge in [0, 0.05) is 12.3 Å². The quantitative estimate of drug-likeness (QED) is 0.218. The van der Waals surface area contributed by atoms with Crippen LogP contribution in [0.15, 0.2) is 42.6 Å². The van der Waals surface area contributed by atoms with Gasteiger partial charge in [-0.05, 0) is 32.8 Å². The monoisotopic (exact) mass is 630 g/mol. The topological polar surface area (TPSA) is 175 Å². The molecule has 1 saturated heterocycles. The third kappa shape index (κ3) is 9.81. The fraction of sp³-hybridized carbons (Fsp3) is 0.484. The highest BCUT2D eigenvalue weighted by molar-refractivity contribution is 5.98. The summed E-state index contributed by atoms with van der Waals surface area (Å²) in [6, 6.07) is 8.96. The lowest BCUT2D eigenvalue weighted by Crippen LogP contribution is -2.47. The van der Waals surface area contributed by atoms with Crippen LogP contribution in [0.1, 0.15) is 50.7 Å². The number of esters is 3. The van der Waals surface area contributed by atoms with Gasteiger partial charge in [0.1, 0.15) is 18.6 Å².